The normalized spacial score (nSPS) is 17.1. The highest BCUT2D eigenvalue weighted by molar-refractivity contribution is 8.13. The first-order chi connectivity index (χ1) is 8.15. The van der Waals surface area contributed by atoms with Gasteiger partial charge in [0.2, 0.25) is 0 Å². The molecule has 5 nitrogen and oxygen atoms in total. The van der Waals surface area contributed by atoms with Gasteiger partial charge in [0, 0.05) is 12.2 Å². The van der Waals surface area contributed by atoms with Gasteiger partial charge in [-0.25, -0.2) is 0 Å². The van der Waals surface area contributed by atoms with E-state index in [0.717, 1.165) is 12.2 Å². The molecule has 0 saturated carbocycles. The zero-order valence-electron chi connectivity index (χ0n) is 9.22. The Bertz CT molecular complexity index is 432. The van der Waals surface area contributed by atoms with Gasteiger partial charge in [0.15, 0.2) is 11.1 Å². The molecule has 6 heteroatoms. The second-order valence-corrected chi connectivity index (χ2v) is 4.71. The summed E-state index contributed by atoms with van der Waals surface area (Å²) in [4.78, 5) is 3.65. The smallest absolute Gasteiger partial charge is 0.193 e. The predicted octanol–water partition coefficient (Wildman–Crippen LogP) is 0.931. The number of rotatable bonds is 2. The molecule has 5 N–H and O–H groups in total. The first kappa shape index (κ1) is 11.8. The molecule has 0 bridgehead atoms. The van der Waals surface area contributed by atoms with Crippen LogP contribution in [0.4, 0.5) is 0 Å². The average Bonchev–Trinajstić information content (AvgIpc) is 2.68. The highest BCUT2D eigenvalue weighted by Crippen LogP contribution is 2.29. The van der Waals surface area contributed by atoms with Crippen molar-refractivity contribution in [3.63, 3.8) is 0 Å². The number of ether oxygens (including phenoxy) is 1. The van der Waals surface area contributed by atoms with Gasteiger partial charge < -0.3 is 16.2 Å². The SMILES string of the molecule is N=C(N=C(N)N)SCC1Cc2ccccc2O1. The van der Waals surface area contributed by atoms with Gasteiger partial charge in [-0.15, -0.1) is 0 Å². The molecular weight excluding hydrogens is 236 g/mol. The molecular formula is C11H14N4OS. The lowest BCUT2D eigenvalue weighted by molar-refractivity contribution is 0.259. The van der Waals surface area contributed by atoms with Gasteiger partial charge >= 0.3 is 0 Å². The number of nitrogens with two attached hydrogens (primary N) is 2. The topological polar surface area (TPSA) is 97.5 Å². The Hall–Kier alpha value is -1.69. The van der Waals surface area contributed by atoms with E-state index in [1.165, 1.54) is 17.3 Å². The lowest BCUT2D eigenvalue weighted by Gasteiger charge is -2.08. The van der Waals surface area contributed by atoms with Gasteiger partial charge in [0.1, 0.15) is 11.9 Å². The number of hydrogen-bond acceptors (Lipinski definition) is 3. The van der Waals surface area contributed by atoms with Gasteiger partial charge in [-0.05, 0) is 11.6 Å². The summed E-state index contributed by atoms with van der Waals surface area (Å²) in [6.45, 7) is 0. The van der Waals surface area contributed by atoms with Crippen LogP contribution in [-0.4, -0.2) is 23.0 Å². The van der Waals surface area contributed by atoms with E-state index in [9.17, 15) is 0 Å². The van der Waals surface area contributed by atoms with E-state index in [-0.39, 0.29) is 17.2 Å². The van der Waals surface area contributed by atoms with Crippen molar-refractivity contribution in [2.45, 2.75) is 12.5 Å². The fourth-order valence-corrected chi connectivity index (χ4v) is 2.37. The van der Waals surface area contributed by atoms with Gasteiger partial charge in [-0.2, -0.15) is 4.99 Å². The maximum atomic E-state index is 7.50. The van der Waals surface area contributed by atoms with E-state index in [0.29, 0.717) is 5.75 Å². The van der Waals surface area contributed by atoms with Crippen LogP contribution in [0, 0.1) is 5.41 Å². The molecule has 1 aliphatic heterocycles. The second-order valence-electron chi connectivity index (χ2n) is 3.70. The maximum absolute atomic E-state index is 7.50. The third kappa shape index (κ3) is 3.13. The molecule has 0 saturated heterocycles. The lowest BCUT2D eigenvalue weighted by atomic mass is 10.1. The summed E-state index contributed by atoms with van der Waals surface area (Å²) in [5.74, 6) is 1.52. The van der Waals surface area contributed by atoms with Crippen LogP contribution < -0.4 is 16.2 Å². The number of nitrogens with one attached hydrogen (secondary N) is 1. The molecule has 1 atom stereocenters. The molecule has 1 aromatic carbocycles. The minimum atomic E-state index is -0.0851. The van der Waals surface area contributed by atoms with Crippen LogP contribution in [0.1, 0.15) is 5.56 Å². The molecule has 0 spiro atoms. The number of benzene rings is 1. The monoisotopic (exact) mass is 250 g/mol. The van der Waals surface area contributed by atoms with E-state index in [2.05, 4.69) is 11.1 Å². The van der Waals surface area contributed by atoms with E-state index in [1.54, 1.807) is 0 Å². The number of para-hydroxylation sites is 1. The first-order valence-electron chi connectivity index (χ1n) is 5.20. The number of amidine groups is 1. The molecule has 1 aromatic rings. The summed E-state index contributed by atoms with van der Waals surface area (Å²) in [6, 6.07) is 7.97. The number of fused-ring (bicyclic) bond motifs is 1. The molecule has 90 valence electrons. The summed E-state index contributed by atoms with van der Waals surface area (Å²) in [6.07, 6.45) is 0.963. The number of guanidine groups is 1. The van der Waals surface area contributed by atoms with Crippen molar-refractivity contribution in [2.24, 2.45) is 16.5 Å². The van der Waals surface area contributed by atoms with Crippen LogP contribution in [0.3, 0.4) is 0 Å². The Labute approximate surface area is 104 Å². The Morgan fingerprint density at radius 3 is 2.94 bits per heavy atom. The molecule has 1 aliphatic rings. The van der Waals surface area contributed by atoms with E-state index >= 15 is 0 Å². The largest absolute Gasteiger partial charge is 0.489 e. The van der Waals surface area contributed by atoms with E-state index < -0.39 is 0 Å². The van der Waals surface area contributed by atoms with E-state index in [4.69, 9.17) is 21.6 Å². The van der Waals surface area contributed by atoms with Crippen molar-refractivity contribution < 1.29 is 4.74 Å². The number of aliphatic imine (C=N–C) groups is 1. The van der Waals surface area contributed by atoms with Gasteiger partial charge in [0.05, 0.1) is 0 Å². The molecule has 2 rings (SSSR count). The van der Waals surface area contributed by atoms with Crippen molar-refractivity contribution in [1.82, 2.24) is 0 Å². The van der Waals surface area contributed by atoms with Crippen LogP contribution >= 0.6 is 11.8 Å². The van der Waals surface area contributed by atoms with Crippen molar-refractivity contribution in [3.8, 4) is 5.75 Å². The Morgan fingerprint density at radius 1 is 1.47 bits per heavy atom. The van der Waals surface area contributed by atoms with E-state index in [1.807, 2.05) is 18.2 Å². The Morgan fingerprint density at radius 2 is 2.24 bits per heavy atom. The van der Waals surface area contributed by atoms with Crippen molar-refractivity contribution in [2.75, 3.05) is 5.75 Å². The summed E-state index contributed by atoms with van der Waals surface area (Å²) >= 11 is 1.28. The third-order valence-corrected chi connectivity index (χ3v) is 3.25. The molecule has 0 radical (unpaired) electrons. The number of nitrogens with zero attached hydrogens (tertiary/aromatic N) is 1. The minimum Gasteiger partial charge on any atom is -0.489 e. The van der Waals surface area contributed by atoms with Crippen molar-refractivity contribution >= 4 is 22.9 Å². The average molecular weight is 250 g/mol. The van der Waals surface area contributed by atoms with Gasteiger partial charge in [-0.3, -0.25) is 5.41 Å². The maximum Gasteiger partial charge on any atom is 0.193 e. The van der Waals surface area contributed by atoms with Crippen LogP contribution in [0.15, 0.2) is 29.3 Å². The summed E-state index contributed by atoms with van der Waals surface area (Å²) in [5.41, 5.74) is 11.6. The Kier molecular flexibility index (Phi) is 3.53. The van der Waals surface area contributed by atoms with Crippen LogP contribution in [0.2, 0.25) is 0 Å². The minimum absolute atomic E-state index is 0.0851. The Balaban J connectivity index is 1.84. The fraction of sp³-hybridized carbons (Fsp3) is 0.273. The van der Waals surface area contributed by atoms with Crippen molar-refractivity contribution in [1.29, 1.82) is 5.41 Å². The number of hydrogen-bond donors (Lipinski definition) is 3. The zero-order chi connectivity index (χ0) is 12.3. The number of thioether (sulfide) groups is 1. The molecule has 0 aliphatic carbocycles. The highest BCUT2D eigenvalue weighted by Gasteiger charge is 2.22. The van der Waals surface area contributed by atoms with Crippen molar-refractivity contribution in [3.05, 3.63) is 29.8 Å². The molecule has 0 aromatic heterocycles. The first-order valence-corrected chi connectivity index (χ1v) is 6.19. The van der Waals surface area contributed by atoms with Crippen LogP contribution in [-0.2, 0) is 6.42 Å². The summed E-state index contributed by atoms with van der Waals surface area (Å²) in [7, 11) is 0. The molecule has 1 heterocycles. The fourth-order valence-electron chi connectivity index (χ4n) is 1.67. The quantitative estimate of drug-likeness (QED) is 0.537. The standard InChI is InChI=1S/C11H14N4OS/c12-10(13)15-11(14)17-6-8-5-7-3-1-2-4-9(7)16-8/h1-4,8H,5-6H2,(H5,12,13,14,15). The predicted molar refractivity (Wildman–Crippen MR) is 70.6 cm³/mol. The molecule has 0 fully saturated rings. The second kappa shape index (κ2) is 5.09. The zero-order valence-corrected chi connectivity index (χ0v) is 10.0. The summed E-state index contributed by atoms with van der Waals surface area (Å²) < 4.78 is 5.73. The molecule has 0 amide bonds. The van der Waals surface area contributed by atoms with Crippen LogP contribution in [0.5, 0.6) is 5.75 Å². The third-order valence-electron chi connectivity index (χ3n) is 2.35. The van der Waals surface area contributed by atoms with Crippen LogP contribution in [0.25, 0.3) is 0 Å². The lowest BCUT2D eigenvalue weighted by Crippen LogP contribution is -2.24. The van der Waals surface area contributed by atoms with Gasteiger partial charge in [-0.1, -0.05) is 30.0 Å². The molecule has 1 unspecified atom stereocenters. The molecule has 17 heavy (non-hydrogen) atoms. The van der Waals surface area contributed by atoms with Gasteiger partial charge in [0.25, 0.3) is 0 Å². The summed E-state index contributed by atoms with van der Waals surface area (Å²) in [5, 5.41) is 7.62. The highest BCUT2D eigenvalue weighted by atomic mass is 32.2.